The molecule has 40 heavy (non-hydrogen) atoms. The summed E-state index contributed by atoms with van der Waals surface area (Å²) >= 11 is 6.42. The van der Waals surface area contributed by atoms with E-state index in [0.717, 1.165) is 15.4 Å². The first-order chi connectivity index (χ1) is 19.0. The lowest BCUT2D eigenvalue weighted by molar-refractivity contribution is -0.140. The number of halogens is 1. The number of anilines is 1. The number of ether oxygens (including phenoxy) is 1. The molecule has 2 amide bonds. The molecule has 3 aromatic carbocycles. The molecule has 0 bridgehead atoms. The molecule has 0 radical (unpaired) electrons. The van der Waals surface area contributed by atoms with Crippen molar-refractivity contribution in [3.05, 3.63) is 88.4 Å². The van der Waals surface area contributed by atoms with Crippen LogP contribution in [0.4, 0.5) is 5.69 Å². The second kappa shape index (κ2) is 13.7. The molecule has 8 nitrogen and oxygen atoms in total. The molecule has 0 spiro atoms. The molecule has 1 atom stereocenters. The van der Waals surface area contributed by atoms with Gasteiger partial charge in [-0.15, -0.1) is 0 Å². The van der Waals surface area contributed by atoms with E-state index in [0.29, 0.717) is 29.3 Å². The second-order valence-corrected chi connectivity index (χ2v) is 11.7. The van der Waals surface area contributed by atoms with Crippen molar-refractivity contribution in [3.8, 4) is 5.75 Å². The van der Waals surface area contributed by atoms with Crippen LogP contribution >= 0.6 is 11.6 Å². The van der Waals surface area contributed by atoms with Crippen molar-refractivity contribution in [3.63, 3.8) is 0 Å². The molecule has 0 saturated heterocycles. The van der Waals surface area contributed by atoms with Gasteiger partial charge in [-0.25, -0.2) is 8.42 Å². The molecule has 3 rings (SSSR count). The number of carbonyl (C=O) groups excluding carboxylic acids is 2. The summed E-state index contributed by atoms with van der Waals surface area (Å²) in [6.45, 7) is 7.14. The molecule has 10 heteroatoms. The van der Waals surface area contributed by atoms with Gasteiger partial charge in [0, 0.05) is 18.1 Å². The zero-order valence-electron chi connectivity index (χ0n) is 23.5. The third kappa shape index (κ3) is 7.14. The Hall–Kier alpha value is -3.56. The monoisotopic (exact) mass is 585 g/mol. The lowest BCUT2D eigenvalue weighted by Crippen LogP contribution is -2.52. The molecule has 0 aliphatic carbocycles. The maximum Gasteiger partial charge on any atom is 0.264 e. The molecular formula is C30H36ClN3O5S. The Morgan fingerprint density at radius 3 is 2.23 bits per heavy atom. The Kier molecular flexibility index (Phi) is 10.6. The van der Waals surface area contributed by atoms with Gasteiger partial charge in [0.05, 0.1) is 17.7 Å². The third-order valence-electron chi connectivity index (χ3n) is 6.53. The number of rotatable bonds is 12. The first-order valence-electron chi connectivity index (χ1n) is 13.1. The van der Waals surface area contributed by atoms with E-state index in [1.165, 1.54) is 24.1 Å². The van der Waals surface area contributed by atoms with Gasteiger partial charge in [0.15, 0.2) is 0 Å². The fourth-order valence-electron chi connectivity index (χ4n) is 4.37. The van der Waals surface area contributed by atoms with Crippen molar-refractivity contribution in [1.29, 1.82) is 0 Å². The van der Waals surface area contributed by atoms with Crippen LogP contribution in [-0.2, 0) is 26.2 Å². The largest absolute Gasteiger partial charge is 0.495 e. The van der Waals surface area contributed by atoms with Gasteiger partial charge in [-0.05, 0) is 68.7 Å². The zero-order chi connectivity index (χ0) is 29.4. The Bertz CT molecular complexity index is 1440. The minimum atomic E-state index is -4.21. The molecule has 0 fully saturated rings. The summed E-state index contributed by atoms with van der Waals surface area (Å²) in [6, 6.07) is 17.8. The summed E-state index contributed by atoms with van der Waals surface area (Å²) in [5, 5.41) is 3.23. The first kappa shape index (κ1) is 31.0. The topological polar surface area (TPSA) is 96.0 Å². The molecular weight excluding hydrogens is 550 g/mol. The number of benzene rings is 3. The number of amides is 2. The summed E-state index contributed by atoms with van der Waals surface area (Å²) in [5.74, 6) is -0.591. The lowest BCUT2D eigenvalue weighted by Gasteiger charge is -2.33. The van der Waals surface area contributed by atoms with E-state index in [9.17, 15) is 18.0 Å². The standard InChI is InChI=1S/C30H36ClN3O5S/c1-6-26(30(36)32-7-2)33(19-23-10-8-9-11-25(23)31)29(35)20-34(27-18-22(4)14-17-28(27)39-5)40(37,38)24-15-12-21(3)13-16-24/h8-18,26H,6-7,19-20H2,1-5H3,(H,32,36). The maximum absolute atomic E-state index is 14.1. The average Bonchev–Trinajstić information content (AvgIpc) is 2.92. The van der Waals surface area contributed by atoms with Crippen LogP contribution in [0.3, 0.4) is 0 Å². The number of methoxy groups -OCH3 is 1. The van der Waals surface area contributed by atoms with Crippen LogP contribution in [0.15, 0.2) is 71.6 Å². The fraction of sp³-hybridized carbons (Fsp3) is 0.333. The normalized spacial score (nSPS) is 11.9. The highest BCUT2D eigenvalue weighted by atomic mass is 35.5. The number of nitrogens with zero attached hydrogens (tertiary/aromatic N) is 2. The Balaban J connectivity index is 2.14. The van der Waals surface area contributed by atoms with Crippen molar-refractivity contribution >= 4 is 39.1 Å². The van der Waals surface area contributed by atoms with Crippen molar-refractivity contribution < 1.29 is 22.7 Å². The van der Waals surface area contributed by atoms with Gasteiger partial charge in [-0.3, -0.25) is 13.9 Å². The number of aryl methyl sites for hydroxylation is 2. The van der Waals surface area contributed by atoms with Gasteiger partial charge < -0.3 is 15.0 Å². The van der Waals surface area contributed by atoms with E-state index in [1.807, 2.05) is 13.8 Å². The number of sulfonamides is 1. The number of hydrogen-bond acceptors (Lipinski definition) is 5. The SMILES string of the molecule is CCNC(=O)C(CC)N(Cc1ccccc1Cl)C(=O)CN(c1cc(C)ccc1OC)S(=O)(=O)c1ccc(C)cc1. The first-order valence-corrected chi connectivity index (χ1v) is 14.9. The molecule has 0 aromatic heterocycles. The second-order valence-electron chi connectivity index (χ2n) is 9.43. The van der Waals surface area contributed by atoms with Gasteiger partial charge in [0.2, 0.25) is 11.8 Å². The van der Waals surface area contributed by atoms with Crippen LogP contribution < -0.4 is 14.4 Å². The van der Waals surface area contributed by atoms with Crippen LogP contribution in [0, 0.1) is 13.8 Å². The minimum absolute atomic E-state index is 0.0253. The minimum Gasteiger partial charge on any atom is -0.495 e. The summed E-state index contributed by atoms with van der Waals surface area (Å²) in [4.78, 5) is 28.6. The van der Waals surface area contributed by atoms with Crippen LogP contribution in [0.25, 0.3) is 0 Å². The smallest absolute Gasteiger partial charge is 0.264 e. The molecule has 1 N–H and O–H groups in total. The molecule has 0 aliphatic heterocycles. The summed E-state index contributed by atoms with van der Waals surface area (Å²) in [7, 11) is -2.77. The van der Waals surface area contributed by atoms with Crippen LogP contribution in [0.2, 0.25) is 5.02 Å². The average molecular weight is 586 g/mol. The quantitative estimate of drug-likeness (QED) is 0.319. The van der Waals surface area contributed by atoms with Crippen molar-refractivity contribution in [2.75, 3.05) is 24.5 Å². The van der Waals surface area contributed by atoms with Gasteiger partial charge in [0.25, 0.3) is 10.0 Å². The predicted molar refractivity (Wildman–Crippen MR) is 158 cm³/mol. The lowest BCUT2D eigenvalue weighted by atomic mass is 10.1. The van der Waals surface area contributed by atoms with Crippen LogP contribution in [-0.4, -0.2) is 51.4 Å². The molecule has 214 valence electrons. The van der Waals surface area contributed by atoms with E-state index in [-0.39, 0.29) is 23.0 Å². The van der Waals surface area contributed by atoms with Crippen LogP contribution in [0.1, 0.15) is 37.0 Å². The van der Waals surface area contributed by atoms with Gasteiger partial charge in [-0.2, -0.15) is 0 Å². The summed E-state index contributed by atoms with van der Waals surface area (Å²) < 4.78 is 34.7. The van der Waals surface area contributed by atoms with E-state index in [2.05, 4.69) is 5.32 Å². The van der Waals surface area contributed by atoms with E-state index >= 15 is 0 Å². The third-order valence-corrected chi connectivity index (χ3v) is 8.67. The number of carbonyl (C=O) groups is 2. The molecule has 0 saturated carbocycles. The van der Waals surface area contributed by atoms with Crippen molar-refractivity contribution in [2.24, 2.45) is 0 Å². The van der Waals surface area contributed by atoms with Crippen LogP contribution in [0.5, 0.6) is 5.75 Å². The van der Waals surface area contributed by atoms with E-state index in [4.69, 9.17) is 16.3 Å². The molecule has 0 aliphatic rings. The molecule has 1 unspecified atom stereocenters. The Labute approximate surface area is 241 Å². The number of nitrogens with one attached hydrogen (secondary N) is 1. The molecule has 3 aromatic rings. The summed E-state index contributed by atoms with van der Waals surface area (Å²) in [5.41, 5.74) is 2.55. The predicted octanol–water partition coefficient (Wildman–Crippen LogP) is 5.10. The number of hydrogen-bond donors (Lipinski definition) is 1. The molecule has 0 heterocycles. The highest BCUT2D eigenvalue weighted by Crippen LogP contribution is 2.34. The Morgan fingerprint density at radius 1 is 0.975 bits per heavy atom. The zero-order valence-corrected chi connectivity index (χ0v) is 25.1. The van der Waals surface area contributed by atoms with Gasteiger partial charge >= 0.3 is 0 Å². The van der Waals surface area contributed by atoms with Gasteiger partial charge in [0.1, 0.15) is 18.3 Å². The summed E-state index contributed by atoms with van der Waals surface area (Å²) in [6.07, 6.45) is 0.320. The van der Waals surface area contributed by atoms with E-state index in [1.54, 1.807) is 68.4 Å². The Morgan fingerprint density at radius 2 is 1.62 bits per heavy atom. The van der Waals surface area contributed by atoms with E-state index < -0.39 is 28.5 Å². The number of likely N-dealkylation sites (N-methyl/N-ethyl adjacent to an activating group) is 1. The van der Waals surface area contributed by atoms with Crippen molar-refractivity contribution in [1.82, 2.24) is 10.2 Å². The van der Waals surface area contributed by atoms with Gasteiger partial charge in [-0.1, -0.05) is 60.5 Å². The highest BCUT2D eigenvalue weighted by molar-refractivity contribution is 7.92. The highest BCUT2D eigenvalue weighted by Gasteiger charge is 2.35. The van der Waals surface area contributed by atoms with Crippen molar-refractivity contribution in [2.45, 2.75) is 51.6 Å². The fourth-order valence-corrected chi connectivity index (χ4v) is 5.98. The maximum atomic E-state index is 14.1.